The number of hydrogen-bond donors (Lipinski definition) is 1. The highest BCUT2D eigenvalue weighted by Gasteiger charge is 2.33. The minimum atomic E-state index is -0.304. The Balaban J connectivity index is 1.52. The minimum Gasteiger partial charge on any atom is -0.350 e. The number of fused-ring (bicyclic) bond motifs is 1. The summed E-state index contributed by atoms with van der Waals surface area (Å²) in [4.78, 5) is 31.7. The van der Waals surface area contributed by atoms with Crippen LogP contribution in [0.15, 0.2) is 35.1 Å². The van der Waals surface area contributed by atoms with Crippen molar-refractivity contribution < 1.29 is 4.79 Å². The summed E-state index contributed by atoms with van der Waals surface area (Å²) in [5, 5.41) is 8.65. The molecular weight excluding hydrogens is 386 g/mol. The van der Waals surface area contributed by atoms with Crippen molar-refractivity contribution in [1.29, 1.82) is 0 Å². The third kappa shape index (κ3) is 3.68. The second-order valence-electron chi connectivity index (χ2n) is 6.51. The van der Waals surface area contributed by atoms with E-state index in [0.717, 1.165) is 24.9 Å². The maximum absolute atomic E-state index is 12.7. The Hall–Kier alpha value is -2.45. The van der Waals surface area contributed by atoms with Crippen LogP contribution in [0.3, 0.4) is 0 Å². The number of aryl methyl sites for hydroxylation is 1. The fourth-order valence-electron chi connectivity index (χ4n) is 3.25. The third-order valence-corrected chi connectivity index (χ3v) is 5.70. The largest absolute Gasteiger partial charge is 0.350 e. The average molecular weight is 404 g/mol. The number of rotatable bonds is 4. The van der Waals surface area contributed by atoms with Crippen molar-refractivity contribution in [3.63, 3.8) is 0 Å². The van der Waals surface area contributed by atoms with Crippen LogP contribution in [-0.4, -0.2) is 33.1 Å². The van der Waals surface area contributed by atoms with Crippen LogP contribution in [0.5, 0.6) is 0 Å². The highest BCUT2D eigenvalue weighted by atomic mass is 35.5. The van der Waals surface area contributed by atoms with Gasteiger partial charge in [0.05, 0.1) is 0 Å². The number of carbonyl (C=O) groups excluding carboxylic acids is 1. The Morgan fingerprint density at radius 3 is 3.07 bits per heavy atom. The molecule has 3 aromatic rings. The average Bonchev–Trinajstić information content (AvgIpc) is 3.26. The van der Waals surface area contributed by atoms with Crippen LogP contribution in [0.4, 0.5) is 5.13 Å². The summed E-state index contributed by atoms with van der Waals surface area (Å²) in [7, 11) is 0. The summed E-state index contributed by atoms with van der Waals surface area (Å²) >= 11 is 7.32. The number of halogens is 1. The van der Waals surface area contributed by atoms with Gasteiger partial charge in [0.1, 0.15) is 6.04 Å². The first kappa shape index (κ1) is 17.9. The Labute approximate surface area is 164 Å². The fraction of sp³-hybridized carbons (Fsp3) is 0.333. The first-order valence-corrected chi connectivity index (χ1v) is 9.87. The number of benzene rings is 1. The van der Waals surface area contributed by atoms with Crippen LogP contribution in [0, 0.1) is 6.92 Å². The number of anilines is 1. The summed E-state index contributed by atoms with van der Waals surface area (Å²) in [5.74, 6) is -0.0526. The standard InChI is InChI=1S/C18H18ClN5O2S/c1-11-8-15(25)24-17(21-11)27-18(22-24)23-7-3-6-14(23)16(26)20-10-12-4-2-5-13(19)9-12/h2,4-5,8-9,14H,3,6-7,10H2,1H3,(H,20,26). The highest BCUT2D eigenvalue weighted by Crippen LogP contribution is 2.29. The van der Waals surface area contributed by atoms with Gasteiger partial charge in [-0.05, 0) is 37.5 Å². The molecular formula is C18H18ClN5O2S. The maximum Gasteiger partial charge on any atom is 0.275 e. The van der Waals surface area contributed by atoms with Crippen LogP contribution < -0.4 is 15.8 Å². The van der Waals surface area contributed by atoms with Crippen molar-refractivity contribution in [2.24, 2.45) is 0 Å². The summed E-state index contributed by atoms with van der Waals surface area (Å²) in [6, 6.07) is 8.57. The first-order chi connectivity index (χ1) is 13.0. The molecule has 1 unspecified atom stereocenters. The molecule has 0 aliphatic carbocycles. The second-order valence-corrected chi connectivity index (χ2v) is 7.88. The summed E-state index contributed by atoms with van der Waals surface area (Å²) in [6.07, 6.45) is 1.64. The topological polar surface area (TPSA) is 79.6 Å². The van der Waals surface area contributed by atoms with Gasteiger partial charge in [-0.1, -0.05) is 35.1 Å². The molecule has 4 rings (SSSR count). The molecule has 0 bridgehead atoms. The lowest BCUT2D eigenvalue weighted by molar-refractivity contribution is -0.122. The van der Waals surface area contributed by atoms with Crippen molar-refractivity contribution in [3.05, 3.63) is 57.0 Å². The second kappa shape index (κ2) is 7.28. The van der Waals surface area contributed by atoms with E-state index in [1.165, 1.54) is 21.9 Å². The third-order valence-electron chi connectivity index (χ3n) is 4.52. The molecule has 1 aromatic carbocycles. The van der Waals surface area contributed by atoms with Crippen molar-refractivity contribution in [2.45, 2.75) is 32.4 Å². The van der Waals surface area contributed by atoms with E-state index < -0.39 is 0 Å². The maximum atomic E-state index is 12.7. The molecule has 0 saturated carbocycles. The SMILES string of the molecule is Cc1cc(=O)n2nc(N3CCCC3C(=O)NCc3cccc(Cl)c3)sc2n1. The molecule has 0 radical (unpaired) electrons. The molecule has 1 saturated heterocycles. The lowest BCUT2D eigenvalue weighted by atomic mass is 10.2. The molecule has 140 valence electrons. The predicted octanol–water partition coefficient (Wildman–Crippen LogP) is 2.40. The van der Waals surface area contributed by atoms with Crippen LogP contribution in [-0.2, 0) is 11.3 Å². The van der Waals surface area contributed by atoms with E-state index in [1.807, 2.05) is 23.1 Å². The minimum absolute atomic E-state index is 0.0526. The molecule has 1 N–H and O–H groups in total. The zero-order chi connectivity index (χ0) is 19.0. The number of aromatic nitrogens is 3. The smallest absolute Gasteiger partial charge is 0.275 e. The Kier molecular flexibility index (Phi) is 4.84. The normalized spacial score (nSPS) is 16.8. The quantitative estimate of drug-likeness (QED) is 0.723. The molecule has 2 aromatic heterocycles. The number of hydrogen-bond acceptors (Lipinski definition) is 6. The Morgan fingerprint density at radius 2 is 2.26 bits per heavy atom. The van der Waals surface area contributed by atoms with Gasteiger partial charge in [-0.15, -0.1) is 5.10 Å². The molecule has 1 atom stereocenters. The van der Waals surface area contributed by atoms with Gasteiger partial charge in [0.2, 0.25) is 16.0 Å². The highest BCUT2D eigenvalue weighted by molar-refractivity contribution is 7.20. The number of nitrogens with zero attached hydrogens (tertiary/aromatic N) is 4. The number of carbonyl (C=O) groups is 1. The van der Waals surface area contributed by atoms with Crippen LogP contribution in [0.2, 0.25) is 5.02 Å². The lowest BCUT2D eigenvalue weighted by Gasteiger charge is -2.22. The van der Waals surface area contributed by atoms with Gasteiger partial charge in [-0.2, -0.15) is 4.52 Å². The Bertz CT molecular complexity index is 1060. The monoisotopic (exact) mass is 403 g/mol. The van der Waals surface area contributed by atoms with E-state index >= 15 is 0 Å². The van der Waals surface area contributed by atoms with Crippen molar-refractivity contribution >= 4 is 38.9 Å². The summed E-state index contributed by atoms with van der Waals surface area (Å²) in [6.45, 7) is 2.93. The van der Waals surface area contributed by atoms with Crippen molar-refractivity contribution in [3.8, 4) is 0 Å². The molecule has 1 amide bonds. The number of nitrogens with one attached hydrogen (secondary N) is 1. The van der Waals surface area contributed by atoms with Crippen molar-refractivity contribution in [1.82, 2.24) is 19.9 Å². The van der Waals surface area contributed by atoms with Crippen LogP contribution >= 0.6 is 22.9 Å². The lowest BCUT2D eigenvalue weighted by Crippen LogP contribution is -2.43. The van der Waals surface area contributed by atoms with E-state index in [2.05, 4.69) is 15.4 Å². The molecule has 27 heavy (non-hydrogen) atoms. The van der Waals surface area contributed by atoms with Gasteiger partial charge in [-0.3, -0.25) is 9.59 Å². The molecule has 1 aliphatic rings. The summed E-state index contributed by atoms with van der Waals surface area (Å²) < 4.78 is 1.30. The van der Waals surface area contributed by atoms with Gasteiger partial charge >= 0.3 is 0 Å². The van der Waals surface area contributed by atoms with Gasteiger partial charge < -0.3 is 10.2 Å². The fourth-order valence-corrected chi connectivity index (χ4v) is 4.49. The van der Waals surface area contributed by atoms with E-state index in [-0.39, 0.29) is 17.5 Å². The van der Waals surface area contributed by atoms with Gasteiger partial charge in [0.15, 0.2) is 0 Å². The van der Waals surface area contributed by atoms with E-state index in [9.17, 15) is 9.59 Å². The summed E-state index contributed by atoms with van der Waals surface area (Å²) in [5.41, 5.74) is 1.40. The van der Waals surface area contributed by atoms with Crippen LogP contribution in [0.1, 0.15) is 24.1 Å². The van der Waals surface area contributed by atoms with Crippen molar-refractivity contribution in [2.75, 3.05) is 11.4 Å². The Morgan fingerprint density at radius 1 is 1.41 bits per heavy atom. The molecule has 0 spiro atoms. The molecule has 7 nitrogen and oxygen atoms in total. The van der Waals surface area contributed by atoms with E-state index in [4.69, 9.17) is 11.6 Å². The van der Waals surface area contributed by atoms with Crippen LogP contribution in [0.25, 0.3) is 4.96 Å². The molecule has 1 aliphatic heterocycles. The van der Waals surface area contributed by atoms with Gasteiger partial charge in [0, 0.05) is 29.9 Å². The van der Waals surface area contributed by atoms with Gasteiger partial charge in [0.25, 0.3) is 5.56 Å². The molecule has 9 heteroatoms. The predicted molar refractivity (Wildman–Crippen MR) is 106 cm³/mol. The molecule has 1 fully saturated rings. The van der Waals surface area contributed by atoms with E-state index in [1.54, 1.807) is 13.0 Å². The molecule has 3 heterocycles. The zero-order valence-corrected chi connectivity index (χ0v) is 16.3. The first-order valence-electron chi connectivity index (χ1n) is 8.67. The van der Waals surface area contributed by atoms with Gasteiger partial charge in [-0.25, -0.2) is 4.98 Å². The number of amides is 1. The van der Waals surface area contributed by atoms with E-state index in [0.29, 0.717) is 27.4 Å². The zero-order valence-electron chi connectivity index (χ0n) is 14.7.